The molecule has 1 aliphatic rings. The van der Waals surface area contributed by atoms with Crippen molar-refractivity contribution < 1.29 is 17.6 Å². The summed E-state index contributed by atoms with van der Waals surface area (Å²) in [6, 6.07) is 7.96. The molecule has 0 aliphatic carbocycles. The van der Waals surface area contributed by atoms with Gasteiger partial charge >= 0.3 is 0 Å². The summed E-state index contributed by atoms with van der Waals surface area (Å²) >= 11 is 1.52. The minimum Gasteiger partial charge on any atom is -0.350 e. The van der Waals surface area contributed by atoms with E-state index in [2.05, 4.69) is 10.0 Å². The van der Waals surface area contributed by atoms with Crippen LogP contribution in [-0.4, -0.2) is 31.7 Å². The molecule has 9 heteroatoms. The number of benzene rings is 1. The number of thiophene rings is 1. The van der Waals surface area contributed by atoms with Crippen molar-refractivity contribution >= 4 is 27.5 Å². The number of amides is 1. The molecule has 2 N–H and O–H groups in total. The number of carbonyl (C=O) groups is 1. The van der Waals surface area contributed by atoms with Crippen LogP contribution < -0.4 is 10.0 Å². The van der Waals surface area contributed by atoms with Crippen LogP contribution in [0.25, 0.3) is 0 Å². The molecule has 1 fully saturated rings. The lowest BCUT2D eigenvalue weighted by Crippen LogP contribution is -2.57. The van der Waals surface area contributed by atoms with Crippen molar-refractivity contribution in [3.05, 3.63) is 58.0 Å². The standard InChI is InChI=1S/C16H18FN3O3S2/c1-20-15(16(21)18-10-13-3-2-8-24-13)9-14(19-25(20,22)23)11-4-6-12(17)7-5-11/h2-8,14-15,19H,9-10H2,1H3,(H,18,21)/t14-,15+/m0/s1. The van der Waals surface area contributed by atoms with E-state index < -0.39 is 28.1 Å². The minimum absolute atomic E-state index is 0.262. The lowest BCUT2D eigenvalue weighted by molar-refractivity contribution is -0.125. The van der Waals surface area contributed by atoms with Gasteiger partial charge in [0, 0.05) is 18.0 Å². The van der Waals surface area contributed by atoms with Crippen LogP contribution in [0.5, 0.6) is 0 Å². The summed E-state index contributed by atoms with van der Waals surface area (Å²) in [4.78, 5) is 13.5. The molecule has 134 valence electrons. The average molecular weight is 383 g/mol. The Labute approximate surface area is 149 Å². The van der Waals surface area contributed by atoms with Crippen LogP contribution in [0.1, 0.15) is 22.9 Å². The quantitative estimate of drug-likeness (QED) is 0.845. The minimum atomic E-state index is -3.80. The molecule has 1 aromatic carbocycles. The summed E-state index contributed by atoms with van der Waals surface area (Å²) in [5.74, 6) is -0.752. The zero-order chi connectivity index (χ0) is 18.0. The van der Waals surface area contributed by atoms with Crippen LogP contribution in [-0.2, 0) is 21.5 Å². The van der Waals surface area contributed by atoms with E-state index in [1.807, 2.05) is 17.5 Å². The van der Waals surface area contributed by atoms with E-state index in [0.29, 0.717) is 12.1 Å². The monoisotopic (exact) mass is 383 g/mol. The van der Waals surface area contributed by atoms with Gasteiger partial charge in [-0.2, -0.15) is 17.4 Å². The van der Waals surface area contributed by atoms with Crippen molar-refractivity contribution in [3.63, 3.8) is 0 Å². The lowest BCUT2D eigenvalue weighted by atomic mass is 9.99. The van der Waals surface area contributed by atoms with Gasteiger partial charge in [-0.1, -0.05) is 18.2 Å². The molecule has 2 heterocycles. The second kappa shape index (κ2) is 7.20. The van der Waals surface area contributed by atoms with Gasteiger partial charge in [-0.3, -0.25) is 4.79 Å². The topological polar surface area (TPSA) is 78.5 Å². The molecule has 0 unspecified atom stereocenters. The number of likely N-dealkylation sites (N-methyl/N-ethyl adjacent to an activating group) is 1. The van der Waals surface area contributed by atoms with E-state index in [1.54, 1.807) is 0 Å². The highest BCUT2D eigenvalue weighted by atomic mass is 32.2. The molecule has 1 amide bonds. The van der Waals surface area contributed by atoms with Crippen molar-refractivity contribution in [2.24, 2.45) is 0 Å². The number of rotatable bonds is 4. The Balaban J connectivity index is 1.76. The van der Waals surface area contributed by atoms with Gasteiger partial charge in [0.25, 0.3) is 10.2 Å². The van der Waals surface area contributed by atoms with Gasteiger partial charge in [0.2, 0.25) is 5.91 Å². The molecule has 0 spiro atoms. The van der Waals surface area contributed by atoms with E-state index in [4.69, 9.17) is 0 Å². The molecule has 6 nitrogen and oxygen atoms in total. The Morgan fingerprint density at radius 3 is 2.72 bits per heavy atom. The molecule has 0 radical (unpaired) electrons. The lowest BCUT2D eigenvalue weighted by Gasteiger charge is -2.36. The van der Waals surface area contributed by atoms with Gasteiger partial charge in [0.05, 0.1) is 6.54 Å². The van der Waals surface area contributed by atoms with Crippen LogP contribution in [0, 0.1) is 5.82 Å². The molecular formula is C16H18FN3O3S2. The molecule has 0 bridgehead atoms. The zero-order valence-electron chi connectivity index (χ0n) is 13.5. The third-order valence-electron chi connectivity index (χ3n) is 4.16. The maximum Gasteiger partial charge on any atom is 0.280 e. The van der Waals surface area contributed by atoms with Gasteiger partial charge in [-0.05, 0) is 35.6 Å². The number of halogens is 1. The van der Waals surface area contributed by atoms with Crippen LogP contribution in [0.4, 0.5) is 4.39 Å². The van der Waals surface area contributed by atoms with Gasteiger partial charge in [-0.25, -0.2) is 4.39 Å². The highest BCUT2D eigenvalue weighted by Crippen LogP contribution is 2.28. The molecule has 25 heavy (non-hydrogen) atoms. The summed E-state index contributed by atoms with van der Waals surface area (Å²) in [5, 5.41) is 4.69. The van der Waals surface area contributed by atoms with E-state index >= 15 is 0 Å². The summed E-state index contributed by atoms with van der Waals surface area (Å²) in [7, 11) is -2.43. The van der Waals surface area contributed by atoms with Crippen molar-refractivity contribution in [3.8, 4) is 0 Å². The normalized spacial score (nSPS) is 23.3. The molecule has 2 aromatic rings. The molecule has 3 rings (SSSR count). The maximum atomic E-state index is 13.1. The number of hydrogen-bond acceptors (Lipinski definition) is 4. The Bertz CT molecular complexity index is 838. The Kier molecular flexibility index (Phi) is 5.19. The fraction of sp³-hybridized carbons (Fsp3) is 0.312. The van der Waals surface area contributed by atoms with Crippen molar-refractivity contribution in [2.75, 3.05) is 7.05 Å². The van der Waals surface area contributed by atoms with E-state index in [0.717, 1.165) is 9.18 Å². The van der Waals surface area contributed by atoms with Gasteiger partial charge < -0.3 is 5.32 Å². The Hall–Kier alpha value is -1.81. The summed E-state index contributed by atoms with van der Waals surface area (Å²) in [6.45, 7) is 0.357. The highest BCUT2D eigenvalue weighted by Gasteiger charge is 2.40. The van der Waals surface area contributed by atoms with Crippen LogP contribution >= 0.6 is 11.3 Å². The third kappa shape index (κ3) is 4.06. The number of carbonyl (C=O) groups excluding carboxylic acids is 1. The molecule has 1 aromatic heterocycles. The molecule has 0 saturated carbocycles. The SMILES string of the molecule is CN1[C@@H](C(=O)NCc2cccs2)C[C@@H](c2ccc(F)cc2)NS1(=O)=O. The van der Waals surface area contributed by atoms with Crippen LogP contribution in [0.3, 0.4) is 0 Å². The number of nitrogens with one attached hydrogen (secondary N) is 2. The first-order valence-electron chi connectivity index (χ1n) is 7.67. The predicted molar refractivity (Wildman–Crippen MR) is 93.5 cm³/mol. The van der Waals surface area contributed by atoms with Crippen LogP contribution in [0.2, 0.25) is 0 Å². The first-order chi connectivity index (χ1) is 11.9. The summed E-state index contributed by atoms with van der Waals surface area (Å²) < 4.78 is 41.4. The third-order valence-corrected chi connectivity index (χ3v) is 6.63. The maximum absolute atomic E-state index is 13.1. The number of nitrogens with zero attached hydrogens (tertiary/aromatic N) is 1. The molecular weight excluding hydrogens is 365 g/mol. The molecule has 2 atom stereocenters. The Morgan fingerprint density at radius 1 is 1.36 bits per heavy atom. The first-order valence-corrected chi connectivity index (χ1v) is 9.99. The summed E-state index contributed by atoms with van der Waals surface area (Å²) in [5.41, 5.74) is 0.620. The summed E-state index contributed by atoms with van der Waals surface area (Å²) in [6.07, 6.45) is 0.262. The largest absolute Gasteiger partial charge is 0.350 e. The second-order valence-electron chi connectivity index (χ2n) is 5.79. The molecule has 1 saturated heterocycles. The second-order valence-corrected chi connectivity index (χ2v) is 8.59. The van der Waals surface area contributed by atoms with Crippen molar-refractivity contribution in [1.29, 1.82) is 0 Å². The van der Waals surface area contributed by atoms with E-state index in [1.165, 1.54) is 42.6 Å². The first kappa shape index (κ1) is 18.0. The smallest absolute Gasteiger partial charge is 0.280 e. The predicted octanol–water partition coefficient (Wildman–Crippen LogP) is 1.78. The molecule has 1 aliphatic heterocycles. The zero-order valence-corrected chi connectivity index (χ0v) is 15.1. The Morgan fingerprint density at radius 2 is 2.08 bits per heavy atom. The highest BCUT2D eigenvalue weighted by molar-refractivity contribution is 7.87. The van der Waals surface area contributed by atoms with Gasteiger partial charge in [0.1, 0.15) is 11.9 Å². The van der Waals surface area contributed by atoms with Crippen molar-refractivity contribution in [2.45, 2.75) is 25.0 Å². The fourth-order valence-electron chi connectivity index (χ4n) is 2.73. The number of hydrogen-bond donors (Lipinski definition) is 2. The fourth-order valence-corrected chi connectivity index (χ4v) is 4.65. The van der Waals surface area contributed by atoms with Gasteiger partial charge in [-0.15, -0.1) is 11.3 Å². The average Bonchev–Trinajstić information content (AvgIpc) is 3.09. The van der Waals surface area contributed by atoms with Gasteiger partial charge in [0.15, 0.2) is 0 Å². The van der Waals surface area contributed by atoms with E-state index in [9.17, 15) is 17.6 Å². The van der Waals surface area contributed by atoms with E-state index in [-0.39, 0.29) is 12.3 Å². The van der Waals surface area contributed by atoms with Crippen LogP contribution in [0.15, 0.2) is 41.8 Å². The van der Waals surface area contributed by atoms with Crippen molar-refractivity contribution in [1.82, 2.24) is 14.3 Å².